The van der Waals surface area contributed by atoms with Gasteiger partial charge in [-0.05, 0) is 50.4 Å². The summed E-state index contributed by atoms with van der Waals surface area (Å²) < 4.78 is 0. The van der Waals surface area contributed by atoms with Gasteiger partial charge in [-0.25, -0.2) is 0 Å². The van der Waals surface area contributed by atoms with Crippen LogP contribution < -0.4 is 0 Å². The summed E-state index contributed by atoms with van der Waals surface area (Å²) in [5.41, 5.74) is 1.38. The van der Waals surface area contributed by atoms with Crippen molar-refractivity contribution in [1.82, 2.24) is 9.80 Å². The highest BCUT2D eigenvalue weighted by atomic mass is 32.1. The summed E-state index contributed by atoms with van der Waals surface area (Å²) >= 11 is 1.83. The summed E-state index contributed by atoms with van der Waals surface area (Å²) in [6, 6.07) is 2.84. The van der Waals surface area contributed by atoms with E-state index in [0.29, 0.717) is 6.04 Å². The second-order valence-electron chi connectivity index (χ2n) is 5.62. The van der Waals surface area contributed by atoms with Crippen LogP contribution in [0.25, 0.3) is 0 Å². The Balaban J connectivity index is 1.93. The zero-order valence-electron chi connectivity index (χ0n) is 12.1. The van der Waals surface area contributed by atoms with Crippen LogP contribution in [0.5, 0.6) is 0 Å². The molecule has 1 aromatic heterocycles. The number of thiophene rings is 1. The molecule has 0 aromatic carbocycles. The Morgan fingerprint density at radius 2 is 2.32 bits per heavy atom. The van der Waals surface area contributed by atoms with Crippen molar-refractivity contribution in [2.75, 3.05) is 33.3 Å². The molecule has 2 rings (SSSR count). The molecule has 1 fully saturated rings. The van der Waals surface area contributed by atoms with Crippen molar-refractivity contribution in [1.29, 1.82) is 0 Å². The fourth-order valence-corrected chi connectivity index (χ4v) is 3.77. The van der Waals surface area contributed by atoms with Crippen LogP contribution in [0.15, 0.2) is 11.4 Å². The van der Waals surface area contributed by atoms with Gasteiger partial charge in [0, 0.05) is 30.6 Å². The first-order valence-corrected chi connectivity index (χ1v) is 8.15. The van der Waals surface area contributed by atoms with Crippen molar-refractivity contribution in [3.8, 4) is 0 Å². The zero-order chi connectivity index (χ0) is 13.7. The second-order valence-corrected chi connectivity index (χ2v) is 6.62. The molecule has 0 amide bonds. The lowest BCUT2D eigenvalue weighted by Crippen LogP contribution is -2.45. The van der Waals surface area contributed by atoms with Gasteiger partial charge in [-0.1, -0.05) is 6.42 Å². The van der Waals surface area contributed by atoms with Gasteiger partial charge in [-0.2, -0.15) is 0 Å². The van der Waals surface area contributed by atoms with Gasteiger partial charge in [0.05, 0.1) is 6.61 Å². The van der Waals surface area contributed by atoms with Gasteiger partial charge in [-0.3, -0.25) is 4.90 Å². The molecule has 1 aliphatic heterocycles. The molecule has 4 heteroatoms. The predicted octanol–water partition coefficient (Wildman–Crippen LogP) is 2.34. The zero-order valence-corrected chi connectivity index (χ0v) is 13.0. The number of likely N-dealkylation sites (tertiary alicyclic amines) is 1. The topological polar surface area (TPSA) is 26.7 Å². The summed E-state index contributed by atoms with van der Waals surface area (Å²) in [5, 5.41) is 11.4. The van der Waals surface area contributed by atoms with Crippen LogP contribution in [0.3, 0.4) is 0 Å². The van der Waals surface area contributed by atoms with E-state index in [-0.39, 0.29) is 6.61 Å². The summed E-state index contributed by atoms with van der Waals surface area (Å²) in [7, 11) is 2.23. The van der Waals surface area contributed by atoms with E-state index >= 15 is 0 Å². The average Bonchev–Trinajstić information content (AvgIpc) is 2.78. The molecule has 1 N–H and O–H groups in total. The largest absolute Gasteiger partial charge is 0.395 e. The molecule has 19 heavy (non-hydrogen) atoms. The van der Waals surface area contributed by atoms with Crippen molar-refractivity contribution in [2.45, 2.75) is 38.8 Å². The summed E-state index contributed by atoms with van der Waals surface area (Å²) in [5.74, 6) is 0. The highest BCUT2D eigenvalue weighted by Crippen LogP contribution is 2.20. The Bertz CT molecular complexity index is 380. The molecule has 0 unspecified atom stereocenters. The highest BCUT2D eigenvalue weighted by molar-refractivity contribution is 7.10. The molecule has 1 saturated heterocycles. The third kappa shape index (κ3) is 4.28. The quantitative estimate of drug-likeness (QED) is 0.867. The SMILES string of the molecule is Cc1ccsc1CN(CCO)C[C@H]1CCCCN1C. The van der Waals surface area contributed by atoms with E-state index in [9.17, 15) is 5.11 Å². The number of nitrogens with zero attached hydrogens (tertiary/aromatic N) is 2. The molecule has 108 valence electrons. The minimum atomic E-state index is 0.251. The van der Waals surface area contributed by atoms with Crippen LogP contribution in [0, 0.1) is 6.92 Å². The predicted molar refractivity (Wildman–Crippen MR) is 81.7 cm³/mol. The summed E-state index contributed by atoms with van der Waals surface area (Å²) in [6.07, 6.45) is 3.97. The maximum Gasteiger partial charge on any atom is 0.0558 e. The normalized spacial score (nSPS) is 21.2. The Kier molecular flexibility index (Phi) is 5.82. The fourth-order valence-electron chi connectivity index (χ4n) is 2.82. The van der Waals surface area contributed by atoms with Gasteiger partial charge in [0.2, 0.25) is 0 Å². The molecule has 1 atom stereocenters. The number of aliphatic hydroxyl groups is 1. The molecule has 1 aromatic rings. The molecule has 0 bridgehead atoms. The van der Waals surface area contributed by atoms with E-state index in [1.807, 2.05) is 11.3 Å². The van der Waals surface area contributed by atoms with Crippen LogP contribution in [0.4, 0.5) is 0 Å². The summed E-state index contributed by atoms with van der Waals surface area (Å²) in [4.78, 5) is 6.33. The molecule has 3 nitrogen and oxygen atoms in total. The molecule has 0 radical (unpaired) electrons. The van der Waals surface area contributed by atoms with Gasteiger partial charge in [0.15, 0.2) is 0 Å². The van der Waals surface area contributed by atoms with E-state index in [0.717, 1.165) is 19.6 Å². The smallest absolute Gasteiger partial charge is 0.0558 e. The average molecular weight is 282 g/mol. The van der Waals surface area contributed by atoms with Crippen molar-refractivity contribution in [2.24, 2.45) is 0 Å². The van der Waals surface area contributed by atoms with E-state index in [1.165, 1.54) is 36.2 Å². The van der Waals surface area contributed by atoms with Gasteiger partial charge >= 0.3 is 0 Å². The Morgan fingerprint density at radius 3 is 2.95 bits per heavy atom. The van der Waals surface area contributed by atoms with Crippen molar-refractivity contribution >= 4 is 11.3 Å². The molecule has 0 aliphatic carbocycles. The van der Waals surface area contributed by atoms with Gasteiger partial charge in [0.25, 0.3) is 0 Å². The Hall–Kier alpha value is -0.420. The van der Waals surface area contributed by atoms with Crippen molar-refractivity contribution in [3.63, 3.8) is 0 Å². The molecular weight excluding hydrogens is 256 g/mol. The van der Waals surface area contributed by atoms with Crippen LogP contribution in [0.2, 0.25) is 0 Å². The number of piperidine rings is 1. The number of hydrogen-bond donors (Lipinski definition) is 1. The first-order valence-electron chi connectivity index (χ1n) is 7.27. The van der Waals surface area contributed by atoms with E-state index in [2.05, 4.69) is 35.2 Å². The lowest BCUT2D eigenvalue weighted by molar-refractivity contribution is 0.110. The van der Waals surface area contributed by atoms with Gasteiger partial charge in [0.1, 0.15) is 0 Å². The molecule has 2 heterocycles. The van der Waals surface area contributed by atoms with Crippen LogP contribution in [-0.2, 0) is 6.54 Å². The van der Waals surface area contributed by atoms with Gasteiger partial charge in [-0.15, -0.1) is 11.3 Å². The minimum Gasteiger partial charge on any atom is -0.395 e. The standard InChI is InChI=1S/C15H26N2OS/c1-13-6-10-19-15(13)12-17(8-9-18)11-14-5-3-4-7-16(14)2/h6,10,14,18H,3-5,7-9,11-12H2,1-2H3/t14-/m1/s1. The maximum atomic E-state index is 9.28. The van der Waals surface area contributed by atoms with Crippen LogP contribution >= 0.6 is 11.3 Å². The molecule has 1 aliphatic rings. The van der Waals surface area contributed by atoms with Crippen LogP contribution in [0.1, 0.15) is 29.7 Å². The first-order chi connectivity index (χ1) is 9.20. The van der Waals surface area contributed by atoms with E-state index in [1.54, 1.807) is 0 Å². The maximum absolute atomic E-state index is 9.28. The third-order valence-electron chi connectivity index (χ3n) is 4.14. The summed E-state index contributed by atoms with van der Waals surface area (Å²) in [6.45, 7) is 6.48. The lowest BCUT2D eigenvalue weighted by atomic mass is 10.0. The Morgan fingerprint density at radius 1 is 1.47 bits per heavy atom. The fraction of sp³-hybridized carbons (Fsp3) is 0.733. The third-order valence-corrected chi connectivity index (χ3v) is 5.15. The number of aryl methyl sites for hydroxylation is 1. The van der Waals surface area contributed by atoms with Crippen molar-refractivity contribution < 1.29 is 5.11 Å². The molecule has 0 spiro atoms. The molecule has 0 saturated carbocycles. The van der Waals surface area contributed by atoms with Crippen molar-refractivity contribution in [3.05, 3.63) is 21.9 Å². The van der Waals surface area contributed by atoms with E-state index < -0.39 is 0 Å². The lowest BCUT2D eigenvalue weighted by Gasteiger charge is -2.36. The Labute approximate surface area is 120 Å². The second kappa shape index (κ2) is 7.39. The first kappa shape index (κ1) is 15.0. The molecular formula is C15H26N2OS. The van der Waals surface area contributed by atoms with E-state index in [4.69, 9.17) is 0 Å². The number of rotatable bonds is 6. The van der Waals surface area contributed by atoms with Gasteiger partial charge < -0.3 is 10.0 Å². The monoisotopic (exact) mass is 282 g/mol. The number of aliphatic hydroxyl groups excluding tert-OH is 1. The van der Waals surface area contributed by atoms with Crippen LogP contribution in [-0.4, -0.2) is 54.2 Å². The highest BCUT2D eigenvalue weighted by Gasteiger charge is 2.21. The minimum absolute atomic E-state index is 0.251. The number of hydrogen-bond acceptors (Lipinski definition) is 4. The number of likely N-dealkylation sites (N-methyl/N-ethyl adjacent to an activating group) is 1.